The number of hydrogen-bond donors (Lipinski definition) is 1. The zero-order valence-corrected chi connectivity index (χ0v) is 22.8. The Labute approximate surface area is 223 Å². The number of carbonyl (C=O) groups is 1. The summed E-state index contributed by atoms with van der Waals surface area (Å²) < 4.78 is 0. The van der Waals surface area contributed by atoms with Crippen molar-refractivity contribution in [3.05, 3.63) is 60.2 Å². The molecule has 2 heterocycles. The lowest BCUT2D eigenvalue weighted by atomic mass is 9.49. The number of pyridine rings is 2. The number of nitrogens with zero attached hydrogens (tertiary/aromatic N) is 3. The van der Waals surface area contributed by atoms with Crippen LogP contribution >= 0.6 is 0 Å². The van der Waals surface area contributed by atoms with Gasteiger partial charge in [0, 0.05) is 44.4 Å². The van der Waals surface area contributed by atoms with Gasteiger partial charge in [-0.2, -0.15) is 0 Å². The molecule has 4 aliphatic carbocycles. The van der Waals surface area contributed by atoms with E-state index in [1.165, 1.54) is 68.9 Å². The van der Waals surface area contributed by atoms with Crippen molar-refractivity contribution >= 4 is 6.03 Å². The first-order chi connectivity index (χ1) is 18.1. The number of hydrogen-bond acceptors (Lipinski definition) is 3. The van der Waals surface area contributed by atoms with Crippen LogP contribution in [0, 0.1) is 29.1 Å². The number of urea groups is 1. The minimum Gasteiger partial charge on any atom is -0.338 e. The summed E-state index contributed by atoms with van der Waals surface area (Å²) in [6.07, 6.45) is 22.7. The van der Waals surface area contributed by atoms with Crippen LogP contribution in [0.15, 0.2) is 49.1 Å². The van der Waals surface area contributed by atoms with E-state index in [4.69, 9.17) is 0 Å². The number of nitrogens with one attached hydrogen (secondary N) is 1. The van der Waals surface area contributed by atoms with E-state index < -0.39 is 0 Å². The molecule has 4 saturated carbocycles. The summed E-state index contributed by atoms with van der Waals surface area (Å²) in [4.78, 5) is 24.1. The second-order valence-corrected chi connectivity index (χ2v) is 12.5. The normalized spacial score (nSPS) is 25.9. The zero-order chi connectivity index (χ0) is 25.5. The van der Waals surface area contributed by atoms with Crippen molar-refractivity contribution in [1.29, 1.82) is 0 Å². The van der Waals surface area contributed by atoms with Crippen LogP contribution in [0.4, 0.5) is 4.79 Å². The number of unbranched alkanes of at least 4 members (excludes halogenated alkanes) is 2. The van der Waals surface area contributed by atoms with Gasteiger partial charge in [0.15, 0.2) is 0 Å². The Kier molecular flexibility index (Phi) is 8.78. The molecule has 0 radical (unpaired) electrons. The Morgan fingerprint density at radius 3 is 1.95 bits per heavy atom. The molecule has 2 aromatic rings. The van der Waals surface area contributed by atoms with Crippen molar-refractivity contribution in [2.24, 2.45) is 29.1 Å². The molecule has 1 N–H and O–H groups in total. The van der Waals surface area contributed by atoms with Crippen LogP contribution in [-0.2, 0) is 12.8 Å². The van der Waals surface area contributed by atoms with Gasteiger partial charge in [-0.1, -0.05) is 19.8 Å². The van der Waals surface area contributed by atoms with E-state index in [0.717, 1.165) is 50.1 Å². The summed E-state index contributed by atoms with van der Waals surface area (Å²) in [5.74, 6) is 3.23. The quantitative estimate of drug-likeness (QED) is 0.311. The first-order valence-corrected chi connectivity index (χ1v) is 14.9. The highest BCUT2D eigenvalue weighted by atomic mass is 16.2. The van der Waals surface area contributed by atoms with Gasteiger partial charge >= 0.3 is 6.03 Å². The fourth-order valence-electron chi connectivity index (χ4n) is 8.10. The monoisotopic (exact) mass is 502 g/mol. The minimum absolute atomic E-state index is 0.135. The number of rotatable bonds is 13. The van der Waals surface area contributed by atoms with Gasteiger partial charge in [-0.3, -0.25) is 9.97 Å². The topological polar surface area (TPSA) is 58.1 Å². The van der Waals surface area contributed by atoms with Crippen LogP contribution in [0.2, 0.25) is 0 Å². The van der Waals surface area contributed by atoms with Crippen LogP contribution in [0.3, 0.4) is 0 Å². The van der Waals surface area contributed by atoms with E-state index in [2.05, 4.69) is 51.4 Å². The summed E-state index contributed by atoms with van der Waals surface area (Å²) in [7, 11) is 0. The summed E-state index contributed by atoms with van der Waals surface area (Å²) in [5.41, 5.74) is 3.05. The lowest BCUT2D eigenvalue weighted by Crippen LogP contribution is -2.49. The predicted molar refractivity (Wildman–Crippen MR) is 149 cm³/mol. The van der Waals surface area contributed by atoms with Gasteiger partial charge in [0.2, 0.25) is 0 Å². The van der Waals surface area contributed by atoms with Gasteiger partial charge in [-0.05, 0) is 129 Å². The lowest BCUT2D eigenvalue weighted by molar-refractivity contribution is -0.0596. The SMILES string of the molecule is CCCCCN(CCC12CC3CC(CC(C3)C1)C2)C(=O)NCC(Cc1ccncc1)Cc1ccncc1. The maximum atomic E-state index is 13.6. The number of aromatic nitrogens is 2. The molecule has 0 aliphatic heterocycles. The standard InChI is InChI=1S/C32H46N4O/c1-2-3-4-14-36(15-9-32-21-27-18-28(22-32)20-29(19-27)23-32)31(37)35-24-30(16-25-5-10-33-11-6-25)17-26-7-12-34-13-8-26/h5-8,10-13,27-30H,2-4,9,14-24H2,1H3,(H,35,37). The third kappa shape index (κ3) is 7.12. The van der Waals surface area contributed by atoms with E-state index in [1.807, 2.05) is 24.8 Å². The van der Waals surface area contributed by atoms with Crippen molar-refractivity contribution in [3.63, 3.8) is 0 Å². The molecule has 0 aromatic carbocycles. The Balaban J connectivity index is 1.20. The molecule has 0 spiro atoms. The maximum Gasteiger partial charge on any atom is 0.317 e. The van der Waals surface area contributed by atoms with Crippen molar-refractivity contribution in [3.8, 4) is 0 Å². The van der Waals surface area contributed by atoms with Gasteiger partial charge < -0.3 is 10.2 Å². The van der Waals surface area contributed by atoms with E-state index >= 15 is 0 Å². The van der Waals surface area contributed by atoms with Crippen LogP contribution in [0.1, 0.15) is 82.3 Å². The van der Waals surface area contributed by atoms with E-state index in [1.54, 1.807) is 0 Å². The molecule has 0 atom stereocenters. The summed E-state index contributed by atoms with van der Waals surface area (Å²) in [5, 5.41) is 3.36. The third-order valence-electron chi connectivity index (χ3n) is 9.49. The van der Waals surface area contributed by atoms with Crippen LogP contribution < -0.4 is 5.32 Å². The van der Waals surface area contributed by atoms with E-state index in [-0.39, 0.29) is 6.03 Å². The maximum absolute atomic E-state index is 13.6. The number of amides is 2. The van der Waals surface area contributed by atoms with Crippen molar-refractivity contribution in [1.82, 2.24) is 20.2 Å². The Morgan fingerprint density at radius 1 is 0.892 bits per heavy atom. The highest BCUT2D eigenvalue weighted by Crippen LogP contribution is 2.61. The average Bonchev–Trinajstić information content (AvgIpc) is 2.89. The van der Waals surface area contributed by atoms with Crippen LogP contribution in [0.5, 0.6) is 0 Å². The molecule has 4 fully saturated rings. The van der Waals surface area contributed by atoms with Crippen LogP contribution in [0.25, 0.3) is 0 Å². The molecule has 0 saturated heterocycles. The van der Waals surface area contributed by atoms with Gasteiger partial charge in [-0.15, -0.1) is 0 Å². The zero-order valence-electron chi connectivity index (χ0n) is 22.8. The number of carbonyl (C=O) groups excluding carboxylic acids is 1. The highest BCUT2D eigenvalue weighted by Gasteiger charge is 2.50. The predicted octanol–water partition coefficient (Wildman–Crippen LogP) is 6.69. The summed E-state index contributed by atoms with van der Waals surface area (Å²) in [6, 6.07) is 8.48. The molecule has 6 rings (SSSR count). The van der Waals surface area contributed by atoms with Gasteiger partial charge in [-0.25, -0.2) is 4.79 Å². The smallest absolute Gasteiger partial charge is 0.317 e. The molecule has 4 aliphatic rings. The molecule has 0 unspecified atom stereocenters. The molecule has 200 valence electrons. The fraction of sp³-hybridized carbons (Fsp3) is 0.656. The molecule has 2 amide bonds. The third-order valence-corrected chi connectivity index (χ3v) is 9.49. The van der Waals surface area contributed by atoms with E-state index in [0.29, 0.717) is 17.9 Å². The first kappa shape index (κ1) is 26.2. The Morgan fingerprint density at radius 2 is 1.43 bits per heavy atom. The van der Waals surface area contributed by atoms with Crippen molar-refractivity contribution in [2.45, 2.75) is 84.0 Å². The fourth-order valence-corrected chi connectivity index (χ4v) is 8.10. The van der Waals surface area contributed by atoms with Crippen LogP contribution in [-0.4, -0.2) is 40.5 Å². The second-order valence-electron chi connectivity index (χ2n) is 12.5. The average molecular weight is 503 g/mol. The van der Waals surface area contributed by atoms with Crippen molar-refractivity contribution in [2.75, 3.05) is 19.6 Å². The molecule has 2 aromatic heterocycles. The molecule has 4 bridgehead atoms. The Hall–Kier alpha value is -2.43. The van der Waals surface area contributed by atoms with Gasteiger partial charge in [0.25, 0.3) is 0 Å². The summed E-state index contributed by atoms with van der Waals surface area (Å²) >= 11 is 0. The largest absolute Gasteiger partial charge is 0.338 e. The van der Waals surface area contributed by atoms with Gasteiger partial charge in [0.1, 0.15) is 0 Å². The molecule has 37 heavy (non-hydrogen) atoms. The highest BCUT2D eigenvalue weighted by molar-refractivity contribution is 5.74. The Bertz CT molecular complexity index is 902. The lowest BCUT2D eigenvalue weighted by Gasteiger charge is -2.57. The first-order valence-electron chi connectivity index (χ1n) is 14.9. The second kappa shape index (κ2) is 12.4. The van der Waals surface area contributed by atoms with Gasteiger partial charge in [0.05, 0.1) is 0 Å². The molecule has 5 heteroatoms. The molecular weight excluding hydrogens is 456 g/mol. The van der Waals surface area contributed by atoms with Crippen molar-refractivity contribution < 1.29 is 4.79 Å². The van der Waals surface area contributed by atoms with E-state index in [9.17, 15) is 4.79 Å². The molecule has 5 nitrogen and oxygen atoms in total. The summed E-state index contributed by atoms with van der Waals surface area (Å²) in [6.45, 7) is 4.72. The molecular formula is C32H46N4O. The minimum atomic E-state index is 0.135.